The fourth-order valence-corrected chi connectivity index (χ4v) is 2.33. The third-order valence-corrected chi connectivity index (χ3v) is 3.17. The maximum Gasteiger partial charge on any atom is 0.0597 e. The molecular weight excluding hydrogens is 190 g/mol. The molecule has 1 saturated heterocycles. The molecule has 1 atom stereocenters. The Bertz CT molecular complexity index is 335. The van der Waals surface area contributed by atoms with E-state index in [1.54, 1.807) is 0 Å². The molecule has 4 nitrogen and oxygen atoms in total. The highest BCUT2D eigenvalue weighted by Gasteiger charge is 2.24. The molecule has 1 aromatic rings. The molecule has 0 radical (unpaired) electrons. The maximum absolute atomic E-state index is 9.22. The number of aromatic nitrogens is 2. The molecule has 0 amide bonds. The molecule has 1 N–H and O–H groups in total. The minimum atomic E-state index is 0.275. The van der Waals surface area contributed by atoms with Crippen molar-refractivity contribution >= 4 is 0 Å². The normalized spacial score (nSPS) is 22.5. The summed E-state index contributed by atoms with van der Waals surface area (Å²) in [6.07, 6.45) is 2.31. The van der Waals surface area contributed by atoms with Crippen molar-refractivity contribution in [3.8, 4) is 0 Å². The summed E-state index contributed by atoms with van der Waals surface area (Å²) >= 11 is 0. The van der Waals surface area contributed by atoms with Gasteiger partial charge in [-0.1, -0.05) is 0 Å². The largest absolute Gasteiger partial charge is 0.395 e. The number of aliphatic hydroxyl groups excluding tert-OH is 1. The van der Waals surface area contributed by atoms with Crippen molar-refractivity contribution < 1.29 is 5.11 Å². The summed E-state index contributed by atoms with van der Waals surface area (Å²) in [6, 6.07) is 2.47. The summed E-state index contributed by atoms with van der Waals surface area (Å²) in [7, 11) is 1.98. The molecule has 0 saturated carbocycles. The van der Waals surface area contributed by atoms with E-state index in [4.69, 9.17) is 0 Å². The average molecular weight is 209 g/mol. The quantitative estimate of drug-likeness (QED) is 0.796. The standard InChI is InChI=1S/C11H19N3O/c1-9-6-11(13(2)12-9)7-14-5-3-4-10(14)8-15/h6,10,15H,3-5,7-8H2,1-2H3/t10-/m0/s1. The Morgan fingerprint density at radius 2 is 2.40 bits per heavy atom. The van der Waals surface area contributed by atoms with E-state index in [1.165, 1.54) is 12.1 Å². The fourth-order valence-electron chi connectivity index (χ4n) is 2.33. The minimum absolute atomic E-state index is 0.275. The van der Waals surface area contributed by atoms with Crippen LogP contribution >= 0.6 is 0 Å². The van der Waals surface area contributed by atoms with Crippen LogP contribution in [0, 0.1) is 6.92 Å². The predicted molar refractivity (Wildman–Crippen MR) is 58.5 cm³/mol. The molecule has 1 aliphatic heterocycles. The van der Waals surface area contributed by atoms with Gasteiger partial charge in [-0.25, -0.2) is 0 Å². The first-order valence-corrected chi connectivity index (χ1v) is 5.55. The van der Waals surface area contributed by atoms with Gasteiger partial charge in [-0.2, -0.15) is 5.10 Å². The second kappa shape index (κ2) is 4.33. The van der Waals surface area contributed by atoms with Crippen molar-refractivity contribution in [3.05, 3.63) is 17.5 Å². The fraction of sp³-hybridized carbons (Fsp3) is 0.727. The molecule has 4 heteroatoms. The summed E-state index contributed by atoms with van der Waals surface area (Å²) in [5, 5.41) is 13.6. The molecule has 2 rings (SSSR count). The predicted octanol–water partition coefficient (Wildman–Crippen LogP) is 0.685. The second-order valence-corrected chi connectivity index (χ2v) is 4.35. The van der Waals surface area contributed by atoms with E-state index in [1.807, 2.05) is 18.7 Å². The first-order valence-electron chi connectivity index (χ1n) is 5.55. The Morgan fingerprint density at radius 1 is 1.60 bits per heavy atom. The zero-order chi connectivity index (χ0) is 10.8. The SMILES string of the molecule is Cc1cc(CN2CCC[C@H]2CO)n(C)n1. The lowest BCUT2D eigenvalue weighted by molar-refractivity contribution is 0.151. The second-order valence-electron chi connectivity index (χ2n) is 4.35. The minimum Gasteiger partial charge on any atom is -0.395 e. The van der Waals surface area contributed by atoms with Crippen LogP contribution < -0.4 is 0 Å². The summed E-state index contributed by atoms with van der Waals surface area (Å²) in [5.74, 6) is 0. The van der Waals surface area contributed by atoms with Crippen molar-refractivity contribution in [2.75, 3.05) is 13.2 Å². The zero-order valence-corrected chi connectivity index (χ0v) is 9.48. The molecule has 1 aromatic heterocycles. The highest BCUT2D eigenvalue weighted by molar-refractivity contribution is 5.08. The lowest BCUT2D eigenvalue weighted by Crippen LogP contribution is -2.32. The number of aliphatic hydroxyl groups is 1. The van der Waals surface area contributed by atoms with Gasteiger partial charge < -0.3 is 5.11 Å². The van der Waals surface area contributed by atoms with E-state index in [0.717, 1.165) is 25.2 Å². The van der Waals surface area contributed by atoms with Crippen molar-refractivity contribution in [1.82, 2.24) is 14.7 Å². The van der Waals surface area contributed by atoms with Crippen LogP contribution in [0.3, 0.4) is 0 Å². The van der Waals surface area contributed by atoms with Gasteiger partial charge in [0, 0.05) is 19.6 Å². The van der Waals surface area contributed by atoms with Crippen molar-refractivity contribution in [2.45, 2.75) is 32.4 Å². The Morgan fingerprint density at radius 3 is 3.00 bits per heavy atom. The molecule has 2 heterocycles. The van der Waals surface area contributed by atoms with Gasteiger partial charge in [0.2, 0.25) is 0 Å². The lowest BCUT2D eigenvalue weighted by Gasteiger charge is -2.22. The molecule has 0 unspecified atom stereocenters. The smallest absolute Gasteiger partial charge is 0.0597 e. The van der Waals surface area contributed by atoms with Gasteiger partial charge in [-0.3, -0.25) is 9.58 Å². The van der Waals surface area contributed by atoms with Crippen LogP contribution in [0.25, 0.3) is 0 Å². The first kappa shape index (κ1) is 10.6. The van der Waals surface area contributed by atoms with E-state index in [-0.39, 0.29) is 6.61 Å². The van der Waals surface area contributed by atoms with E-state index in [0.29, 0.717) is 6.04 Å². The molecule has 0 aliphatic carbocycles. The van der Waals surface area contributed by atoms with Gasteiger partial charge >= 0.3 is 0 Å². The number of hydrogen-bond donors (Lipinski definition) is 1. The molecular formula is C11H19N3O. The number of likely N-dealkylation sites (tertiary alicyclic amines) is 1. The molecule has 0 spiro atoms. The van der Waals surface area contributed by atoms with Crippen molar-refractivity contribution in [3.63, 3.8) is 0 Å². The van der Waals surface area contributed by atoms with Gasteiger partial charge in [-0.15, -0.1) is 0 Å². The number of hydrogen-bond acceptors (Lipinski definition) is 3. The third-order valence-electron chi connectivity index (χ3n) is 3.17. The van der Waals surface area contributed by atoms with Crippen LogP contribution in [0.1, 0.15) is 24.2 Å². The van der Waals surface area contributed by atoms with Gasteiger partial charge in [0.25, 0.3) is 0 Å². The van der Waals surface area contributed by atoms with Crippen LogP contribution in [0.4, 0.5) is 0 Å². The van der Waals surface area contributed by atoms with Crippen LogP contribution in [0.15, 0.2) is 6.07 Å². The average Bonchev–Trinajstić information content (AvgIpc) is 2.74. The topological polar surface area (TPSA) is 41.3 Å². The Balaban J connectivity index is 2.05. The van der Waals surface area contributed by atoms with Gasteiger partial charge in [0.1, 0.15) is 0 Å². The van der Waals surface area contributed by atoms with Gasteiger partial charge in [0.15, 0.2) is 0 Å². The first-order chi connectivity index (χ1) is 7.20. The molecule has 0 bridgehead atoms. The van der Waals surface area contributed by atoms with Crippen LogP contribution in [0.5, 0.6) is 0 Å². The highest BCUT2D eigenvalue weighted by Crippen LogP contribution is 2.19. The van der Waals surface area contributed by atoms with Gasteiger partial charge in [-0.05, 0) is 32.4 Å². The van der Waals surface area contributed by atoms with Crippen molar-refractivity contribution in [2.24, 2.45) is 7.05 Å². The highest BCUT2D eigenvalue weighted by atomic mass is 16.3. The Labute approximate surface area is 90.5 Å². The number of nitrogens with zero attached hydrogens (tertiary/aromatic N) is 3. The Hall–Kier alpha value is -0.870. The monoisotopic (exact) mass is 209 g/mol. The molecule has 1 fully saturated rings. The molecule has 0 aromatic carbocycles. The number of rotatable bonds is 3. The van der Waals surface area contributed by atoms with E-state index >= 15 is 0 Å². The van der Waals surface area contributed by atoms with E-state index in [9.17, 15) is 5.11 Å². The van der Waals surface area contributed by atoms with Crippen LogP contribution in [-0.2, 0) is 13.6 Å². The molecule has 84 valence electrons. The summed E-state index contributed by atoms with van der Waals surface area (Å²) < 4.78 is 1.93. The third kappa shape index (κ3) is 2.21. The van der Waals surface area contributed by atoms with Crippen LogP contribution in [-0.4, -0.2) is 39.0 Å². The Kier molecular flexibility index (Phi) is 3.07. The molecule has 1 aliphatic rings. The van der Waals surface area contributed by atoms with Crippen LogP contribution in [0.2, 0.25) is 0 Å². The lowest BCUT2D eigenvalue weighted by atomic mass is 10.2. The summed E-state index contributed by atoms with van der Waals surface area (Å²) in [5.41, 5.74) is 2.29. The summed E-state index contributed by atoms with van der Waals surface area (Å²) in [6.45, 7) is 4.28. The van der Waals surface area contributed by atoms with Gasteiger partial charge in [0.05, 0.1) is 18.0 Å². The van der Waals surface area contributed by atoms with Crippen molar-refractivity contribution in [1.29, 1.82) is 0 Å². The summed E-state index contributed by atoms with van der Waals surface area (Å²) in [4.78, 5) is 2.34. The molecule has 15 heavy (non-hydrogen) atoms. The number of aryl methyl sites for hydroxylation is 2. The van der Waals surface area contributed by atoms with E-state index in [2.05, 4.69) is 16.1 Å². The zero-order valence-electron chi connectivity index (χ0n) is 9.48. The maximum atomic E-state index is 9.22. The van der Waals surface area contributed by atoms with E-state index < -0.39 is 0 Å².